The van der Waals surface area contributed by atoms with Crippen molar-refractivity contribution in [2.45, 2.75) is 0 Å². The molecule has 0 radical (unpaired) electrons. The minimum Gasteiger partial charge on any atom is -1.00 e. The zero-order valence-electron chi connectivity index (χ0n) is 11.9. The molecule has 0 saturated carbocycles. The molecule has 23 heavy (non-hydrogen) atoms. The van der Waals surface area contributed by atoms with Crippen LogP contribution < -0.4 is 34.0 Å². The average molecular weight is 523 g/mol. The van der Waals surface area contributed by atoms with Crippen LogP contribution in [0.3, 0.4) is 0 Å². The van der Waals surface area contributed by atoms with Crippen molar-refractivity contribution in [1.29, 1.82) is 0 Å². The van der Waals surface area contributed by atoms with E-state index in [0.29, 0.717) is 0 Å². The van der Waals surface area contributed by atoms with Gasteiger partial charge in [-0.25, -0.2) is 9.97 Å². The molecule has 4 aromatic rings. The molecule has 0 saturated heterocycles. The first-order chi connectivity index (χ1) is 9.90. The number of rotatable bonds is 1. The van der Waals surface area contributed by atoms with Gasteiger partial charge in [0.05, 0.1) is 22.4 Å². The molecule has 5 heteroatoms. The van der Waals surface area contributed by atoms with Crippen molar-refractivity contribution >= 4 is 21.8 Å². The number of pyridine rings is 2. The summed E-state index contributed by atoms with van der Waals surface area (Å²) >= 11 is 0. The second-order valence-corrected chi connectivity index (χ2v) is 4.78. The summed E-state index contributed by atoms with van der Waals surface area (Å²) in [5.74, 6) is 0. The van der Waals surface area contributed by atoms with Crippen molar-refractivity contribution in [1.82, 2.24) is 9.97 Å². The second kappa shape index (κ2) is 8.66. The maximum atomic E-state index is 4.69. The molecule has 2 nitrogen and oxygen atoms in total. The van der Waals surface area contributed by atoms with Crippen molar-refractivity contribution in [3.8, 4) is 11.4 Å². The van der Waals surface area contributed by atoms with Crippen LogP contribution in [0.5, 0.6) is 0 Å². The summed E-state index contributed by atoms with van der Waals surface area (Å²) in [5, 5.41) is 2.30. The molecule has 0 N–H and O–H groups in total. The van der Waals surface area contributed by atoms with Gasteiger partial charge in [-0.3, -0.25) is 0 Å². The number of hydrogen-bond acceptors (Lipinski definition) is 2. The number of para-hydroxylation sites is 2. The van der Waals surface area contributed by atoms with E-state index in [2.05, 4.69) is 34.2 Å². The third kappa shape index (κ3) is 4.05. The maximum Gasteiger partial charge on any atom is 2.00 e. The van der Waals surface area contributed by atoms with Gasteiger partial charge in [-0.05, 0) is 24.3 Å². The molecule has 0 bridgehead atoms. The van der Waals surface area contributed by atoms with E-state index in [1.54, 1.807) is 0 Å². The van der Waals surface area contributed by atoms with E-state index in [4.69, 9.17) is 0 Å². The Balaban J connectivity index is 0.000000882. The van der Waals surface area contributed by atoms with Crippen LogP contribution in [-0.2, 0) is 20.4 Å². The van der Waals surface area contributed by atoms with Gasteiger partial charge >= 0.3 is 20.4 Å². The SMILES string of the molecule is [Br-].[Br-].[Pd+2].c1ccc2nc(-c3ccc4ccccc4n3)ccc2c1. The Morgan fingerprint density at radius 3 is 1.30 bits per heavy atom. The van der Waals surface area contributed by atoms with E-state index in [1.165, 1.54) is 0 Å². The average Bonchev–Trinajstić information content (AvgIpc) is 2.54. The quantitative estimate of drug-likeness (QED) is 0.283. The molecule has 0 atom stereocenters. The number of halogens is 2. The molecule has 0 aliphatic heterocycles. The van der Waals surface area contributed by atoms with Gasteiger partial charge in [0, 0.05) is 10.8 Å². The van der Waals surface area contributed by atoms with Crippen molar-refractivity contribution < 1.29 is 54.4 Å². The fraction of sp³-hybridized carbons (Fsp3) is 0. The molecule has 0 unspecified atom stereocenters. The van der Waals surface area contributed by atoms with Crippen LogP contribution in [0, 0.1) is 0 Å². The predicted octanol–water partition coefficient (Wildman–Crippen LogP) is -1.54. The Bertz CT molecular complexity index is 851. The Morgan fingerprint density at radius 1 is 0.478 bits per heavy atom. The van der Waals surface area contributed by atoms with Gasteiger partial charge in [0.15, 0.2) is 0 Å². The second-order valence-electron chi connectivity index (χ2n) is 4.78. The molecular weight excluding hydrogens is 510 g/mol. The van der Waals surface area contributed by atoms with Crippen molar-refractivity contribution in [3.05, 3.63) is 72.8 Å². The normalized spacial score (nSPS) is 9.57. The number of benzene rings is 2. The summed E-state index contributed by atoms with van der Waals surface area (Å²) in [7, 11) is 0. The molecule has 118 valence electrons. The summed E-state index contributed by atoms with van der Waals surface area (Å²) in [4.78, 5) is 9.38. The summed E-state index contributed by atoms with van der Waals surface area (Å²) in [6, 6.07) is 24.5. The molecule has 4 rings (SSSR count). The van der Waals surface area contributed by atoms with Crippen LogP contribution in [0.15, 0.2) is 72.8 Å². The molecule has 2 aromatic heterocycles. The number of fused-ring (bicyclic) bond motifs is 2. The van der Waals surface area contributed by atoms with Crippen LogP contribution >= 0.6 is 0 Å². The van der Waals surface area contributed by atoms with Gasteiger partial charge in [0.2, 0.25) is 0 Å². The van der Waals surface area contributed by atoms with E-state index in [0.717, 1.165) is 33.2 Å². The van der Waals surface area contributed by atoms with E-state index in [1.807, 2.05) is 48.5 Å². The van der Waals surface area contributed by atoms with E-state index in [9.17, 15) is 0 Å². The van der Waals surface area contributed by atoms with Crippen molar-refractivity contribution in [2.75, 3.05) is 0 Å². The first-order valence-electron chi connectivity index (χ1n) is 6.62. The van der Waals surface area contributed by atoms with Gasteiger partial charge in [0.1, 0.15) is 0 Å². The molecule has 2 heterocycles. The first kappa shape index (κ1) is 19.9. The smallest absolute Gasteiger partial charge is 1.00 e. The standard InChI is InChI=1S/C18H12N2.2BrH.Pd/c1-3-7-15-13(5-1)9-11-17(19-15)18-12-10-14-6-2-4-8-16(14)20-18;;;/h1-12H;2*1H;/q;;;+2/p-2. The van der Waals surface area contributed by atoms with E-state index >= 15 is 0 Å². The number of aromatic nitrogens is 2. The van der Waals surface area contributed by atoms with Gasteiger partial charge in [-0.15, -0.1) is 0 Å². The zero-order valence-corrected chi connectivity index (χ0v) is 16.6. The van der Waals surface area contributed by atoms with Gasteiger partial charge in [-0.1, -0.05) is 48.5 Å². The van der Waals surface area contributed by atoms with Crippen LogP contribution in [0.25, 0.3) is 33.2 Å². The van der Waals surface area contributed by atoms with Crippen LogP contribution in [0.2, 0.25) is 0 Å². The Morgan fingerprint density at radius 2 is 0.870 bits per heavy atom. The minimum atomic E-state index is 0. The van der Waals surface area contributed by atoms with Crippen LogP contribution in [-0.4, -0.2) is 9.97 Å². The maximum absolute atomic E-state index is 4.69. The zero-order chi connectivity index (χ0) is 13.4. The fourth-order valence-electron chi connectivity index (χ4n) is 2.42. The minimum absolute atomic E-state index is 0. The van der Waals surface area contributed by atoms with Crippen LogP contribution in [0.4, 0.5) is 0 Å². The first-order valence-corrected chi connectivity index (χ1v) is 6.62. The summed E-state index contributed by atoms with van der Waals surface area (Å²) < 4.78 is 0. The number of hydrogen-bond donors (Lipinski definition) is 0. The number of nitrogens with zero attached hydrogens (tertiary/aromatic N) is 2. The van der Waals surface area contributed by atoms with Crippen molar-refractivity contribution in [2.24, 2.45) is 0 Å². The predicted molar refractivity (Wildman–Crippen MR) is 82.5 cm³/mol. The topological polar surface area (TPSA) is 25.8 Å². The van der Waals surface area contributed by atoms with E-state index < -0.39 is 0 Å². The Kier molecular flexibility index (Phi) is 7.50. The van der Waals surface area contributed by atoms with Gasteiger partial charge < -0.3 is 34.0 Å². The molecular formula is C18H12Br2N2Pd. The van der Waals surface area contributed by atoms with Gasteiger partial charge in [-0.2, -0.15) is 0 Å². The molecule has 0 aliphatic rings. The Hall–Kier alpha value is -1.12. The third-order valence-corrected chi connectivity index (χ3v) is 3.46. The summed E-state index contributed by atoms with van der Waals surface area (Å²) in [6.07, 6.45) is 0. The third-order valence-electron chi connectivity index (χ3n) is 3.46. The largest absolute Gasteiger partial charge is 2.00 e. The Labute approximate surface area is 169 Å². The van der Waals surface area contributed by atoms with E-state index in [-0.39, 0.29) is 54.4 Å². The molecule has 0 aliphatic carbocycles. The summed E-state index contributed by atoms with van der Waals surface area (Å²) in [6.45, 7) is 0. The van der Waals surface area contributed by atoms with Gasteiger partial charge in [0.25, 0.3) is 0 Å². The molecule has 2 aromatic carbocycles. The van der Waals surface area contributed by atoms with Crippen LogP contribution in [0.1, 0.15) is 0 Å². The molecule has 0 fully saturated rings. The molecule has 0 amide bonds. The summed E-state index contributed by atoms with van der Waals surface area (Å²) in [5.41, 5.74) is 3.82. The molecule has 0 spiro atoms. The monoisotopic (exact) mass is 520 g/mol. The fourth-order valence-corrected chi connectivity index (χ4v) is 2.42. The van der Waals surface area contributed by atoms with Crippen molar-refractivity contribution in [3.63, 3.8) is 0 Å².